The summed E-state index contributed by atoms with van der Waals surface area (Å²) in [6.45, 7) is 13.8. The lowest BCUT2D eigenvalue weighted by Crippen LogP contribution is -2.51. The first-order valence-corrected chi connectivity index (χ1v) is 18.2. The van der Waals surface area contributed by atoms with Crippen molar-refractivity contribution in [3.05, 3.63) is 75.8 Å². The Bertz CT molecular complexity index is 1280. The van der Waals surface area contributed by atoms with Crippen LogP contribution in [-0.4, -0.2) is 45.5 Å². The predicted molar refractivity (Wildman–Crippen MR) is 170 cm³/mol. The minimum atomic E-state index is -2.18. The number of benzene rings is 2. The first-order valence-electron chi connectivity index (χ1n) is 14.3. The summed E-state index contributed by atoms with van der Waals surface area (Å²) in [7, 11) is -0.499. The molecule has 0 bridgehead atoms. The quantitative estimate of drug-likeness (QED) is 0.226. The van der Waals surface area contributed by atoms with E-state index >= 15 is 0 Å². The third kappa shape index (κ3) is 5.63. The summed E-state index contributed by atoms with van der Waals surface area (Å²) in [4.78, 5) is 16.5. The van der Waals surface area contributed by atoms with Crippen LogP contribution in [0, 0.1) is 5.92 Å². The van der Waals surface area contributed by atoms with Crippen molar-refractivity contribution in [2.45, 2.75) is 77.3 Å². The number of amides is 1. The second kappa shape index (κ2) is 12.4. The van der Waals surface area contributed by atoms with E-state index in [2.05, 4.69) is 87.1 Å². The highest BCUT2D eigenvalue weighted by Gasteiger charge is 2.66. The normalized spacial score (nSPS) is 24.5. The third-order valence-corrected chi connectivity index (χ3v) is 13.8. The Balaban J connectivity index is 1.73. The topological polar surface area (TPSA) is 59.0 Å². The van der Waals surface area contributed by atoms with Crippen LogP contribution >= 0.6 is 15.9 Å². The summed E-state index contributed by atoms with van der Waals surface area (Å²) in [5.41, 5.74) is 3.49. The molecule has 1 fully saturated rings. The molecule has 0 unspecified atom stereocenters. The average molecular weight is 627 g/mol. The van der Waals surface area contributed by atoms with Gasteiger partial charge in [-0.15, -0.1) is 0 Å². The lowest BCUT2D eigenvalue weighted by atomic mass is 9.82. The molecule has 40 heavy (non-hydrogen) atoms. The zero-order valence-electron chi connectivity index (χ0n) is 25.0. The molecule has 7 heteroatoms. The van der Waals surface area contributed by atoms with Gasteiger partial charge >= 0.3 is 0 Å². The van der Waals surface area contributed by atoms with Gasteiger partial charge < -0.3 is 19.5 Å². The molecule has 2 aromatic rings. The number of anilines is 1. The van der Waals surface area contributed by atoms with Crippen LogP contribution in [0.4, 0.5) is 5.69 Å². The van der Waals surface area contributed by atoms with Gasteiger partial charge in [-0.25, -0.2) is 0 Å². The third-order valence-electron chi connectivity index (χ3n) is 8.92. The molecule has 1 spiro atoms. The van der Waals surface area contributed by atoms with Crippen molar-refractivity contribution in [2.24, 2.45) is 5.92 Å². The van der Waals surface area contributed by atoms with E-state index in [9.17, 15) is 9.90 Å². The van der Waals surface area contributed by atoms with Crippen LogP contribution < -0.4 is 14.8 Å². The van der Waals surface area contributed by atoms with Crippen LogP contribution in [0.3, 0.4) is 0 Å². The van der Waals surface area contributed by atoms with E-state index in [0.29, 0.717) is 13.0 Å². The van der Waals surface area contributed by atoms with Gasteiger partial charge in [-0.1, -0.05) is 76.6 Å². The second-order valence-electron chi connectivity index (χ2n) is 12.1. The van der Waals surface area contributed by atoms with Crippen molar-refractivity contribution in [1.29, 1.82) is 0 Å². The maximum Gasteiger partial charge on any atom is 0.264 e. The van der Waals surface area contributed by atoms with Gasteiger partial charge in [-0.2, -0.15) is 0 Å². The first kappa shape index (κ1) is 30.8. The number of methoxy groups -OCH3 is 1. The monoisotopic (exact) mass is 625 g/mol. The standard InChI is InChI=1S/C33H44BrNO4Si/c1-22(2)9-8-10-23(3)17-19-35-29-16-11-25(34)21-28(29)33(32(35)37)24(4)31(30(39-33)18-20-36)40(6,7)27-14-12-26(38-5)13-15-27/h9,11-17,21,24,30-31,36H,8,10,18-20H2,1-7H3/b23-17+/t24-,30+,31-,33+/m0/s1. The number of carbonyl (C=O) groups excluding carboxylic acids is 1. The number of halogens is 1. The fourth-order valence-corrected chi connectivity index (χ4v) is 11.2. The zero-order valence-corrected chi connectivity index (χ0v) is 27.5. The number of nitrogens with zero attached hydrogens (tertiary/aromatic N) is 1. The fourth-order valence-electron chi connectivity index (χ4n) is 6.80. The molecule has 0 saturated carbocycles. The summed E-state index contributed by atoms with van der Waals surface area (Å²) in [5, 5.41) is 11.4. The smallest absolute Gasteiger partial charge is 0.264 e. The molecule has 5 nitrogen and oxygen atoms in total. The summed E-state index contributed by atoms with van der Waals surface area (Å²) in [6, 6.07) is 14.5. The van der Waals surface area contributed by atoms with Crippen LogP contribution in [0.15, 0.2) is 70.2 Å². The Morgan fingerprint density at radius 1 is 1.15 bits per heavy atom. The van der Waals surface area contributed by atoms with Gasteiger partial charge in [0.05, 0.1) is 27.0 Å². The lowest BCUT2D eigenvalue weighted by molar-refractivity contribution is -0.146. The highest BCUT2D eigenvalue weighted by atomic mass is 79.9. The van der Waals surface area contributed by atoms with E-state index in [1.54, 1.807) is 7.11 Å². The van der Waals surface area contributed by atoms with Gasteiger partial charge in [0, 0.05) is 29.1 Å². The lowest BCUT2D eigenvalue weighted by Gasteiger charge is -2.37. The molecule has 1 saturated heterocycles. The van der Waals surface area contributed by atoms with Crippen molar-refractivity contribution in [3.63, 3.8) is 0 Å². The summed E-state index contributed by atoms with van der Waals surface area (Å²) in [5.74, 6) is 0.768. The van der Waals surface area contributed by atoms with Crippen LogP contribution in [0.25, 0.3) is 0 Å². The predicted octanol–water partition coefficient (Wildman–Crippen LogP) is 7.10. The van der Waals surface area contributed by atoms with E-state index in [0.717, 1.165) is 34.3 Å². The maximum atomic E-state index is 14.5. The van der Waals surface area contributed by atoms with Crippen LogP contribution in [0.1, 0.15) is 52.5 Å². The van der Waals surface area contributed by atoms with E-state index in [-0.39, 0.29) is 30.1 Å². The molecule has 2 aliphatic rings. The van der Waals surface area contributed by atoms with E-state index < -0.39 is 13.7 Å². The highest BCUT2D eigenvalue weighted by Crippen LogP contribution is 2.60. The van der Waals surface area contributed by atoms with Gasteiger partial charge in [0.2, 0.25) is 0 Å². The summed E-state index contributed by atoms with van der Waals surface area (Å²) in [6.07, 6.45) is 6.69. The largest absolute Gasteiger partial charge is 0.497 e. The van der Waals surface area contributed by atoms with Gasteiger partial charge in [0.25, 0.3) is 5.91 Å². The average Bonchev–Trinajstić information content (AvgIpc) is 3.33. The van der Waals surface area contributed by atoms with Gasteiger partial charge in [-0.05, 0) is 75.9 Å². The molecular formula is C33H44BrNO4Si. The number of fused-ring (bicyclic) bond motifs is 2. The number of ether oxygens (including phenoxy) is 2. The Labute approximate surface area is 249 Å². The fraction of sp³-hybridized carbons (Fsp3) is 0.485. The molecule has 2 heterocycles. The van der Waals surface area contributed by atoms with Crippen molar-refractivity contribution >= 4 is 40.8 Å². The molecule has 0 aromatic heterocycles. The Kier molecular flexibility index (Phi) is 9.50. The van der Waals surface area contributed by atoms with Crippen molar-refractivity contribution in [1.82, 2.24) is 0 Å². The van der Waals surface area contributed by atoms with Gasteiger partial charge in [0.1, 0.15) is 5.75 Å². The SMILES string of the molecule is COc1ccc([Si](C)(C)[C@@H]2[C@@H](CCO)O[C@]3(C(=O)N(C/C=C(\C)CCC=C(C)C)c4ccc(Br)cc43)[C@H]2C)cc1. The molecule has 0 radical (unpaired) electrons. The number of hydrogen-bond donors (Lipinski definition) is 1. The number of allylic oxidation sites excluding steroid dienone is 3. The molecule has 1 N–H and O–H groups in total. The number of rotatable bonds is 10. The molecule has 4 atom stereocenters. The molecule has 0 aliphatic carbocycles. The van der Waals surface area contributed by atoms with Crippen molar-refractivity contribution in [3.8, 4) is 5.75 Å². The number of aliphatic hydroxyl groups is 1. The molecule has 2 aromatic carbocycles. The van der Waals surface area contributed by atoms with E-state index in [1.807, 2.05) is 29.2 Å². The number of hydrogen-bond acceptors (Lipinski definition) is 4. The summed E-state index contributed by atoms with van der Waals surface area (Å²) < 4.78 is 13.3. The molecule has 1 amide bonds. The maximum absolute atomic E-state index is 14.5. The van der Waals surface area contributed by atoms with E-state index in [4.69, 9.17) is 9.47 Å². The Morgan fingerprint density at radius 2 is 1.85 bits per heavy atom. The molecule has 2 aliphatic heterocycles. The summed E-state index contributed by atoms with van der Waals surface area (Å²) >= 11 is 3.66. The molecular weight excluding hydrogens is 582 g/mol. The van der Waals surface area contributed by atoms with Crippen LogP contribution in [0.2, 0.25) is 18.6 Å². The first-order chi connectivity index (χ1) is 19.0. The van der Waals surface area contributed by atoms with Gasteiger partial charge in [-0.3, -0.25) is 4.79 Å². The highest BCUT2D eigenvalue weighted by molar-refractivity contribution is 9.10. The number of carbonyl (C=O) groups is 1. The van der Waals surface area contributed by atoms with Gasteiger partial charge in [0.15, 0.2) is 5.60 Å². The second-order valence-corrected chi connectivity index (χ2v) is 17.7. The number of aliphatic hydroxyl groups excluding tert-OH is 1. The minimum Gasteiger partial charge on any atom is -0.497 e. The van der Waals surface area contributed by atoms with Crippen LogP contribution in [-0.2, 0) is 15.1 Å². The van der Waals surface area contributed by atoms with Crippen molar-refractivity contribution < 1.29 is 19.4 Å². The Morgan fingerprint density at radius 3 is 2.48 bits per heavy atom. The zero-order chi connectivity index (χ0) is 29.2. The minimum absolute atomic E-state index is 0.00594. The van der Waals surface area contributed by atoms with Crippen LogP contribution in [0.5, 0.6) is 5.75 Å². The molecule has 216 valence electrons. The molecule has 4 rings (SSSR count). The van der Waals surface area contributed by atoms with E-state index in [1.165, 1.54) is 16.3 Å². The van der Waals surface area contributed by atoms with Crippen molar-refractivity contribution in [2.75, 3.05) is 25.2 Å². The Hall–Kier alpha value is -2.19.